The predicted octanol–water partition coefficient (Wildman–Crippen LogP) is 3.98. The Morgan fingerprint density at radius 3 is 2.76 bits per heavy atom. The summed E-state index contributed by atoms with van der Waals surface area (Å²) in [5.41, 5.74) is 0.738. The standard InChI is InChI=1S/C14H19NO2/c1-3-4-6-9-12(2)17-14(16)15-13-10-7-5-8-11-13/h5-12H,3-4H2,1-2H3,(H,15,16). The zero-order valence-electron chi connectivity index (χ0n) is 10.3. The lowest BCUT2D eigenvalue weighted by molar-refractivity contribution is 0.142. The van der Waals surface area contributed by atoms with Crippen LogP contribution in [0.25, 0.3) is 0 Å². The number of para-hydroxylation sites is 1. The van der Waals surface area contributed by atoms with E-state index in [0.717, 1.165) is 18.5 Å². The van der Waals surface area contributed by atoms with Gasteiger partial charge in [-0.1, -0.05) is 37.6 Å². The molecule has 0 aromatic heterocycles. The molecule has 1 aromatic rings. The number of carbonyl (C=O) groups excluding carboxylic acids is 1. The van der Waals surface area contributed by atoms with Crippen molar-refractivity contribution in [2.24, 2.45) is 0 Å². The lowest BCUT2D eigenvalue weighted by atomic mass is 10.3. The van der Waals surface area contributed by atoms with E-state index >= 15 is 0 Å². The van der Waals surface area contributed by atoms with Crippen LogP contribution in [-0.2, 0) is 4.74 Å². The SMILES string of the molecule is CCCC=CC(C)OC(=O)Nc1ccccc1. The lowest BCUT2D eigenvalue weighted by Gasteiger charge is -2.10. The van der Waals surface area contributed by atoms with Crippen LogP contribution < -0.4 is 5.32 Å². The molecule has 1 amide bonds. The summed E-state index contributed by atoms with van der Waals surface area (Å²) in [5, 5.41) is 2.67. The summed E-state index contributed by atoms with van der Waals surface area (Å²) in [6, 6.07) is 9.25. The average molecular weight is 233 g/mol. The third kappa shape index (κ3) is 5.76. The van der Waals surface area contributed by atoms with Crippen molar-refractivity contribution >= 4 is 11.8 Å². The Hall–Kier alpha value is -1.77. The quantitative estimate of drug-likeness (QED) is 0.781. The molecule has 92 valence electrons. The summed E-state index contributed by atoms with van der Waals surface area (Å²) < 4.78 is 5.16. The molecule has 0 heterocycles. The van der Waals surface area contributed by atoms with E-state index in [2.05, 4.69) is 12.2 Å². The Morgan fingerprint density at radius 2 is 2.12 bits per heavy atom. The van der Waals surface area contributed by atoms with Crippen LogP contribution in [0.4, 0.5) is 10.5 Å². The second kappa shape index (κ2) is 7.49. The van der Waals surface area contributed by atoms with Crippen molar-refractivity contribution in [1.82, 2.24) is 0 Å². The fraction of sp³-hybridized carbons (Fsp3) is 0.357. The zero-order chi connectivity index (χ0) is 12.5. The predicted molar refractivity (Wildman–Crippen MR) is 70.1 cm³/mol. The van der Waals surface area contributed by atoms with E-state index in [1.165, 1.54) is 0 Å². The fourth-order valence-electron chi connectivity index (χ4n) is 1.33. The highest BCUT2D eigenvalue weighted by atomic mass is 16.6. The van der Waals surface area contributed by atoms with Crippen molar-refractivity contribution in [2.45, 2.75) is 32.8 Å². The molecule has 0 saturated carbocycles. The largest absolute Gasteiger partial charge is 0.442 e. The van der Waals surface area contributed by atoms with Crippen LogP contribution in [0, 0.1) is 0 Å². The molecule has 0 radical (unpaired) electrons. The van der Waals surface area contributed by atoms with E-state index in [9.17, 15) is 4.79 Å². The van der Waals surface area contributed by atoms with Gasteiger partial charge in [-0.05, 0) is 31.6 Å². The molecule has 1 rings (SSSR count). The van der Waals surface area contributed by atoms with Gasteiger partial charge in [0.2, 0.25) is 0 Å². The Labute approximate surface area is 102 Å². The summed E-state index contributed by atoms with van der Waals surface area (Å²) in [5.74, 6) is 0. The third-order valence-corrected chi connectivity index (χ3v) is 2.18. The molecule has 17 heavy (non-hydrogen) atoms. The number of unbranched alkanes of at least 4 members (excludes halogenated alkanes) is 1. The van der Waals surface area contributed by atoms with Crippen molar-refractivity contribution < 1.29 is 9.53 Å². The van der Waals surface area contributed by atoms with E-state index in [0.29, 0.717) is 0 Å². The third-order valence-electron chi connectivity index (χ3n) is 2.18. The Balaban J connectivity index is 2.34. The number of anilines is 1. The second-order valence-electron chi connectivity index (χ2n) is 3.82. The van der Waals surface area contributed by atoms with Gasteiger partial charge in [-0.15, -0.1) is 0 Å². The number of rotatable bonds is 5. The minimum absolute atomic E-state index is 0.203. The highest BCUT2D eigenvalue weighted by Crippen LogP contribution is 2.06. The van der Waals surface area contributed by atoms with Gasteiger partial charge in [0.05, 0.1) is 0 Å². The maximum Gasteiger partial charge on any atom is 0.412 e. The van der Waals surface area contributed by atoms with Crippen LogP contribution >= 0.6 is 0 Å². The average Bonchev–Trinajstić information content (AvgIpc) is 2.30. The van der Waals surface area contributed by atoms with Crippen molar-refractivity contribution in [3.8, 4) is 0 Å². The first kappa shape index (κ1) is 13.3. The molecular formula is C14H19NO2. The van der Waals surface area contributed by atoms with Crippen LogP contribution in [0.1, 0.15) is 26.7 Å². The molecule has 0 saturated heterocycles. The van der Waals surface area contributed by atoms with Crippen molar-refractivity contribution in [3.05, 3.63) is 42.5 Å². The minimum Gasteiger partial charge on any atom is -0.442 e. The number of benzene rings is 1. The van der Waals surface area contributed by atoms with Crippen molar-refractivity contribution in [3.63, 3.8) is 0 Å². The summed E-state index contributed by atoms with van der Waals surface area (Å²) in [6.45, 7) is 3.95. The maximum absolute atomic E-state index is 11.5. The van der Waals surface area contributed by atoms with E-state index in [1.807, 2.05) is 49.4 Å². The van der Waals surface area contributed by atoms with Gasteiger partial charge in [-0.3, -0.25) is 5.32 Å². The number of hydrogen-bond donors (Lipinski definition) is 1. The second-order valence-corrected chi connectivity index (χ2v) is 3.82. The number of hydrogen-bond acceptors (Lipinski definition) is 2. The van der Waals surface area contributed by atoms with Crippen LogP contribution in [0.5, 0.6) is 0 Å². The van der Waals surface area contributed by atoms with E-state index < -0.39 is 6.09 Å². The molecule has 0 spiro atoms. The van der Waals surface area contributed by atoms with Crippen molar-refractivity contribution in [2.75, 3.05) is 5.32 Å². The van der Waals surface area contributed by atoms with Crippen LogP contribution in [0.2, 0.25) is 0 Å². The van der Waals surface area contributed by atoms with E-state index in [4.69, 9.17) is 4.74 Å². The number of ether oxygens (including phenoxy) is 1. The van der Waals surface area contributed by atoms with Gasteiger partial charge in [0, 0.05) is 5.69 Å². The van der Waals surface area contributed by atoms with Gasteiger partial charge in [-0.25, -0.2) is 4.79 Å². The van der Waals surface area contributed by atoms with E-state index in [1.54, 1.807) is 0 Å². The van der Waals surface area contributed by atoms with Gasteiger partial charge in [0.15, 0.2) is 0 Å². The summed E-state index contributed by atoms with van der Waals surface area (Å²) in [4.78, 5) is 11.5. The van der Waals surface area contributed by atoms with Gasteiger partial charge < -0.3 is 4.74 Å². The molecule has 1 atom stereocenters. The first-order valence-corrected chi connectivity index (χ1v) is 5.91. The number of carbonyl (C=O) groups is 1. The van der Waals surface area contributed by atoms with Gasteiger partial charge in [-0.2, -0.15) is 0 Å². The van der Waals surface area contributed by atoms with E-state index in [-0.39, 0.29) is 6.10 Å². The minimum atomic E-state index is -0.426. The molecule has 1 unspecified atom stereocenters. The molecule has 3 heteroatoms. The Morgan fingerprint density at radius 1 is 1.41 bits per heavy atom. The van der Waals surface area contributed by atoms with Crippen molar-refractivity contribution in [1.29, 1.82) is 0 Å². The van der Waals surface area contributed by atoms with Crippen LogP contribution in [0.3, 0.4) is 0 Å². The smallest absolute Gasteiger partial charge is 0.412 e. The van der Waals surface area contributed by atoms with Gasteiger partial charge >= 0.3 is 6.09 Å². The highest BCUT2D eigenvalue weighted by molar-refractivity contribution is 5.84. The summed E-state index contributed by atoms with van der Waals surface area (Å²) in [6.07, 6.45) is 5.40. The molecule has 0 aliphatic heterocycles. The molecule has 0 fully saturated rings. The topological polar surface area (TPSA) is 38.3 Å². The molecule has 1 N–H and O–H groups in total. The zero-order valence-corrected chi connectivity index (χ0v) is 10.3. The van der Waals surface area contributed by atoms with Crippen LogP contribution in [0.15, 0.2) is 42.5 Å². The summed E-state index contributed by atoms with van der Waals surface area (Å²) >= 11 is 0. The Bertz CT molecular complexity index is 360. The molecule has 1 aromatic carbocycles. The number of amides is 1. The molecular weight excluding hydrogens is 214 g/mol. The van der Waals surface area contributed by atoms with Gasteiger partial charge in [0.1, 0.15) is 6.10 Å². The first-order chi connectivity index (χ1) is 8.22. The van der Waals surface area contributed by atoms with Crippen LogP contribution in [-0.4, -0.2) is 12.2 Å². The normalized spacial score (nSPS) is 12.4. The fourth-order valence-corrected chi connectivity index (χ4v) is 1.33. The Kier molecular flexibility index (Phi) is 5.86. The highest BCUT2D eigenvalue weighted by Gasteiger charge is 2.05. The maximum atomic E-state index is 11.5. The molecule has 0 aliphatic carbocycles. The molecule has 0 aliphatic rings. The molecule has 3 nitrogen and oxygen atoms in total. The lowest BCUT2D eigenvalue weighted by Crippen LogP contribution is -2.18. The monoisotopic (exact) mass is 233 g/mol. The first-order valence-electron chi connectivity index (χ1n) is 5.91. The summed E-state index contributed by atoms with van der Waals surface area (Å²) in [7, 11) is 0. The number of allylic oxidation sites excluding steroid dienone is 1. The molecule has 0 bridgehead atoms. The van der Waals surface area contributed by atoms with Gasteiger partial charge in [0.25, 0.3) is 0 Å². The number of nitrogens with one attached hydrogen (secondary N) is 1.